The van der Waals surface area contributed by atoms with E-state index in [1.807, 2.05) is 0 Å². The molecule has 1 aliphatic heterocycles. The molecule has 0 spiro atoms. The smallest absolute Gasteiger partial charge is 0.0550 e. The van der Waals surface area contributed by atoms with Gasteiger partial charge >= 0.3 is 0 Å². The van der Waals surface area contributed by atoms with Crippen LogP contribution in [-0.2, 0) is 4.74 Å². The van der Waals surface area contributed by atoms with E-state index in [-0.39, 0.29) is 0 Å². The highest BCUT2D eigenvalue weighted by Crippen LogP contribution is 2.63. The fourth-order valence-corrected chi connectivity index (χ4v) is 2.93. The van der Waals surface area contributed by atoms with Crippen molar-refractivity contribution < 1.29 is 4.74 Å². The quantitative estimate of drug-likeness (QED) is 0.702. The largest absolute Gasteiger partial charge is 0.380 e. The second-order valence-corrected chi connectivity index (χ2v) is 4.83. The van der Waals surface area contributed by atoms with Gasteiger partial charge in [-0.1, -0.05) is 13.3 Å². The van der Waals surface area contributed by atoms with Crippen molar-refractivity contribution in [3.63, 3.8) is 0 Å². The molecule has 2 rings (SSSR count). The van der Waals surface area contributed by atoms with Gasteiger partial charge in [-0.3, -0.25) is 0 Å². The van der Waals surface area contributed by atoms with E-state index in [4.69, 9.17) is 4.74 Å². The van der Waals surface area contributed by atoms with Crippen LogP contribution in [0, 0.1) is 10.8 Å². The molecule has 0 radical (unpaired) electrons. The fraction of sp³-hybridized carbons (Fsp3) is 1.00. The summed E-state index contributed by atoms with van der Waals surface area (Å²) >= 11 is 0. The highest BCUT2D eigenvalue weighted by Gasteiger charge is 2.61. The van der Waals surface area contributed by atoms with E-state index in [0.29, 0.717) is 10.8 Å². The van der Waals surface area contributed by atoms with Gasteiger partial charge in [-0.05, 0) is 31.7 Å². The predicted molar refractivity (Wildman–Crippen MR) is 53.8 cm³/mol. The SMILES string of the molecule is CCCC1(C2(CNC)CC2)COC1. The van der Waals surface area contributed by atoms with Crippen molar-refractivity contribution in [3.8, 4) is 0 Å². The predicted octanol–water partition coefficient (Wildman–Crippen LogP) is 1.80. The maximum absolute atomic E-state index is 5.44. The van der Waals surface area contributed by atoms with Gasteiger partial charge in [-0.25, -0.2) is 0 Å². The average molecular weight is 183 g/mol. The third kappa shape index (κ3) is 1.31. The highest BCUT2D eigenvalue weighted by molar-refractivity contribution is 5.10. The number of rotatable bonds is 5. The van der Waals surface area contributed by atoms with Gasteiger partial charge in [0.05, 0.1) is 13.2 Å². The fourth-order valence-electron chi connectivity index (χ4n) is 2.93. The molecule has 0 aromatic carbocycles. The Kier molecular flexibility index (Phi) is 2.37. The molecule has 2 nitrogen and oxygen atoms in total. The van der Waals surface area contributed by atoms with Crippen LogP contribution in [0.5, 0.6) is 0 Å². The third-order valence-electron chi connectivity index (χ3n) is 3.98. The van der Waals surface area contributed by atoms with E-state index in [1.165, 1.54) is 32.2 Å². The summed E-state index contributed by atoms with van der Waals surface area (Å²) in [6.07, 6.45) is 5.48. The molecule has 76 valence electrons. The van der Waals surface area contributed by atoms with E-state index in [2.05, 4.69) is 19.3 Å². The first-order valence-corrected chi connectivity index (χ1v) is 5.51. The molecule has 0 atom stereocenters. The lowest BCUT2D eigenvalue weighted by Gasteiger charge is -2.48. The van der Waals surface area contributed by atoms with Crippen molar-refractivity contribution >= 4 is 0 Å². The summed E-state index contributed by atoms with van der Waals surface area (Å²) in [4.78, 5) is 0. The molecule has 1 N–H and O–H groups in total. The van der Waals surface area contributed by atoms with Crippen LogP contribution < -0.4 is 5.32 Å². The zero-order valence-electron chi connectivity index (χ0n) is 8.86. The molecule has 1 aliphatic carbocycles. The lowest BCUT2D eigenvalue weighted by molar-refractivity contribution is -0.159. The van der Waals surface area contributed by atoms with Crippen molar-refractivity contribution in [2.24, 2.45) is 10.8 Å². The first-order valence-electron chi connectivity index (χ1n) is 5.51. The van der Waals surface area contributed by atoms with Crippen LogP contribution in [-0.4, -0.2) is 26.8 Å². The Morgan fingerprint density at radius 2 is 1.92 bits per heavy atom. The minimum atomic E-state index is 0.546. The average Bonchev–Trinajstić information content (AvgIpc) is 2.79. The Bertz CT molecular complexity index is 183. The van der Waals surface area contributed by atoms with Crippen LogP contribution in [0.2, 0.25) is 0 Å². The van der Waals surface area contributed by atoms with E-state index in [0.717, 1.165) is 13.2 Å². The third-order valence-corrected chi connectivity index (χ3v) is 3.98. The highest BCUT2D eigenvalue weighted by atomic mass is 16.5. The van der Waals surface area contributed by atoms with Gasteiger partial charge in [-0.15, -0.1) is 0 Å². The topological polar surface area (TPSA) is 21.3 Å². The minimum Gasteiger partial charge on any atom is -0.380 e. The summed E-state index contributed by atoms with van der Waals surface area (Å²) in [6, 6.07) is 0. The van der Waals surface area contributed by atoms with Gasteiger partial charge in [0.2, 0.25) is 0 Å². The molecule has 0 unspecified atom stereocenters. The van der Waals surface area contributed by atoms with Crippen molar-refractivity contribution in [1.82, 2.24) is 5.32 Å². The Balaban J connectivity index is 2.02. The van der Waals surface area contributed by atoms with Crippen molar-refractivity contribution in [1.29, 1.82) is 0 Å². The summed E-state index contributed by atoms with van der Waals surface area (Å²) in [7, 11) is 2.07. The van der Waals surface area contributed by atoms with Crippen LogP contribution >= 0.6 is 0 Å². The standard InChI is InChI=1S/C11H21NO/c1-3-4-11(8-13-9-11)10(5-6-10)7-12-2/h12H,3-9H2,1-2H3. The summed E-state index contributed by atoms with van der Waals surface area (Å²) in [5.41, 5.74) is 1.15. The zero-order valence-corrected chi connectivity index (χ0v) is 8.86. The van der Waals surface area contributed by atoms with E-state index < -0.39 is 0 Å². The molecular weight excluding hydrogens is 162 g/mol. The summed E-state index contributed by atoms with van der Waals surface area (Å²) < 4.78 is 5.44. The molecule has 1 saturated heterocycles. The summed E-state index contributed by atoms with van der Waals surface area (Å²) in [6.45, 7) is 5.51. The summed E-state index contributed by atoms with van der Waals surface area (Å²) in [5, 5.41) is 3.35. The lowest BCUT2D eigenvalue weighted by Crippen LogP contribution is -2.52. The van der Waals surface area contributed by atoms with E-state index >= 15 is 0 Å². The van der Waals surface area contributed by atoms with Crippen molar-refractivity contribution in [3.05, 3.63) is 0 Å². The van der Waals surface area contributed by atoms with Gasteiger partial charge in [0.25, 0.3) is 0 Å². The molecule has 2 aliphatic rings. The van der Waals surface area contributed by atoms with Gasteiger partial charge in [0.15, 0.2) is 0 Å². The molecule has 13 heavy (non-hydrogen) atoms. The Labute approximate surface area is 81.0 Å². The molecule has 1 heterocycles. The molecule has 0 aromatic rings. The van der Waals surface area contributed by atoms with Crippen LogP contribution in [0.25, 0.3) is 0 Å². The van der Waals surface area contributed by atoms with Crippen LogP contribution in [0.15, 0.2) is 0 Å². The van der Waals surface area contributed by atoms with Crippen LogP contribution in [0.4, 0.5) is 0 Å². The number of hydrogen-bond acceptors (Lipinski definition) is 2. The van der Waals surface area contributed by atoms with E-state index in [9.17, 15) is 0 Å². The first-order chi connectivity index (χ1) is 6.29. The van der Waals surface area contributed by atoms with Gasteiger partial charge in [0.1, 0.15) is 0 Å². The maximum atomic E-state index is 5.44. The molecule has 2 fully saturated rings. The van der Waals surface area contributed by atoms with Crippen molar-refractivity contribution in [2.45, 2.75) is 32.6 Å². The molecule has 0 bridgehead atoms. The minimum absolute atomic E-state index is 0.546. The van der Waals surface area contributed by atoms with Crippen LogP contribution in [0.1, 0.15) is 32.6 Å². The van der Waals surface area contributed by atoms with E-state index in [1.54, 1.807) is 0 Å². The van der Waals surface area contributed by atoms with Gasteiger partial charge in [-0.2, -0.15) is 0 Å². The summed E-state index contributed by atoms with van der Waals surface area (Å²) in [5.74, 6) is 0. The maximum Gasteiger partial charge on any atom is 0.0550 e. The Morgan fingerprint density at radius 1 is 1.23 bits per heavy atom. The molecule has 2 heteroatoms. The number of hydrogen-bond donors (Lipinski definition) is 1. The second kappa shape index (κ2) is 3.25. The zero-order chi connectivity index (χ0) is 9.36. The molecular formula is C11H21NO. The second-order valence-electron chi connectivity index (χ2n) is 4.83. The normalized spacial score (nSPS) is 28.2. The van der Waals surface area contributed by atoms with Crippen LogP contribution in [0.3, 0.4) is 0 Å². The van der Waals surface area contributed by atoms with Gasteiger partial charge in [0, 0.05) is 12.0 Å². The number of nitrogens with one attached hydrogen (secondary N) is 1. The monoisotopic (exact) mass is 183 g/mol. The lowest BCUT2D eigenvalue weighted by atomic mass is 9.68. The first kappa shape index (κ1) is 9.47. The van der Waals surface area contributed by atoms with Crippen molar-refractivity contribution in [2.75, 3.05) is 26.8 Å². The Morgan fingerprint density at radius 3 is 2.23 bits per heavy atom. The molecule has 0 amide bonds. The number of ether oxygens (including phenoxy) is 1. The molecule has 1 saturated carbocycles. The Hall–Kier alpha value is -0.0800. The van der Waals surface area contributed by atoms with Gasteiger partial charge < -0.3 is 10.1 Å². The molecule has 0 aromatic heterocycles.